The van der Waals surface area contributed by atoms with Crippen molar-refractivity contribution in [2.75, 3.05) is 25.5 Å². The first-order chi connectivity index (χ1) is 18.4. The number of aryl methyl sites for hydroxylation is 1. The molecule has 3 amide bonds. The summed E-state index contributed by atoms with van der Waals surface area (Å²) in [6.07, 6.45) is 8.21. The Morgan fingerprint density at radius 1 is 0.947 bits per heavy atom. The van der Waals surface area contributed by atoms with E-state index in [0.29, 0.717) is 17.7 Å². The number of carbonyl (C=O) groups excluding carboxylic acids is 2. The minimum Gasteiger partial charge on any atom is -0.335 e. The van der Waals surface area contributed by atoms with Crippen LogP contribution in [0.3, 0.4) is 0 Å². The maximum Gasteiger partial charge on any atom is 0.321 e. The Kier molecular flexibility index (Phi) is 8.21. The number of fused-ring (bicyclic) bond motifs is 2. The SMILES string of the molecule is CC(C)C1C2=C(CCN1C(=O)C1CCC(CN(C)C(=O)Nc3ccccc3)CC1)c1ccccc1CCC2. The van der Waals surface area contributed by atoms with E-state index in [0.717, 1.165) is 70.1 Å². The molecule has 1 unspecified atom stereocenters. The van der Waals surface area contributed by atoms with Gasteiger partial charge in [0.1, 0.15) is 0 Å². The number of urea groups is 1. The van der Waals surface area contributed by atoms with Crippen molar-refractivity contribution in [3.05, 3.63) is 71.3 Å². The number of hydrogen-bond donors (Lipinski definition) is 1. The average Bonchev–Trinajstić information content (AvgIpc) is 3.12. The summed E-state index contributed by atoms with van der Waals surface area (Å²) in [5.41, 5.74) is 6.75. The normalized spacial score (nSPS) is 23.4. The molecule has 1 fully saturated rings. The summed E-state index contributed by atoms with van der Waals surface area (Å²) < 4.78 is 0. The van der Waals surface area contributed by atoms with Gasteiger partial charge in [-0.05, 0) is 97.6 Å². The van der Waals surface area contributed by atoms with Crippen molar-refractivity contribution in [2.24, 2.45) is 17.8 Å². The van der Waals surface area contributed by atoms with Gasteiger partial charge in [-0.1, -0.05) is 56.3 Å². The van der Waals surface area contributed by atoms with Crippen molar-refractivity contribution >= 4 is 23.2 Å². The predicted octanol–water partition coefficient (Wildman–Crippen LogP) is 7.00. The van der Waals surface area contributed by atoms with Gasteiger partial charge in [-0.15, -0.1) is 0 Å². The van der Waals surface area contributed by atoms with Gasteiger partial charge < -0.3 is 15.1 Å². The van der Waals surface area contributed by atoms with Crippen molar-refractivity contribution in [2.45, 2.75) is 71.3 Å². The summed E-state index contributed by atoms with van der Waals surface area (Å²) in [6.45, 7) is 6.13. The Balaban J connectivity index is 1.21. The predicted molar refractivity (Wildman–Crippen MR) is 155 cm³/mol. The van der Waals surface area contributed by atoms with Gasteiger partial charge in [0.2, 0.25) is 5.91 Å². The van der Waals surface area contributed by atoms with E-state index >= 15 is 0 Å². The molecule has 5 heteroatoms. The average molecular weight is 514 g/mol. The molecule has 5 rings (SSSR count). The second-order valence-corrected chi connectivity index (χ2v) is 11.9. The third-order valence-corrected chi connectivity index (χ3v) is 8.93. The summed E-state index contributed by atoms with van der Waals surface area (Å²) in [6, 6.07) is 18.6. The van der Waals surface area contributed by atoms with Crippen LogP contribution in [0.1, 0.15) is 69.9 Å². The number of anilines is 1. The van der Waals surface area contributed by atoms with Gasteiger partial charge in [-0.3, -0.25) is 4.79 Å². The number of benzene rings is 2. The maximum absolute atomic E-state index is 13.9. The molecule has 0 saturated heterocycles. The molecule has 3 aliphatic rings. The number of hydrogen-bond acceptors (Lipinski definition) is 2. The van der Waals surface area contributed by atoms with E-state index in [4.69, 9.17) is 0 Å². The lowest BCUT2D eigenvalue weighted by molar-refractivity contribution is -0.139. The van der Waals surface area contributed by atoms with Crippen molar-refractivity contribution in [3.63, 3.8) is 0 Å². The third kappa shape index (κ3) is 5.67. The summed E-state index contributed by atoms with van der Waals surface area (Å²) in [5, 5.41) is 2.97. The molecule has 0 radical (unpaired) electrons. The molecule has 2 aromatic carbocycles. The Morgan fingerprint density at radius 2 is 1.66 bits per heavy atom. The van der Waals surface area contributed by atoms with Gasteiger partial charge in [0, 0.05) is 31.7 Å². The van der Waals surface area contributed by atoms with Crippen molar-refractivity contribution in [3.8, 4) is 0 Å². The molecule has 0 spiro atoms. The van der Waals surface area contributed by atoms with Gasteiger partial charge in [0.25, 0.3) is 0 Å². The first-order valence-corrected chi connectivity index (χ1v) is 14.6. The lowest BCUT2D eigenvalue weighted by Gasteiger charge is -2.43. The fourth-order valence-electron chi connectivity index (χ4n) is 7.05. The molecule has 1 heterocycles. The first-order valence-electron chi connectivity index (χ1n) is 14.6. The van der Waals surface area contributed by atoms with Gasteiger partial charge in [-0.25, -0.2) is 4.79 Å². The Labute approximate surface area is 228 Å². The maximum atomic E-state index is 13.9. The van der Waals surface area contributed by atoms with Crippen molar-refractivity contribution < 1.29 is 9.59 Å². The lowest BCUT2D eigenvalue weighted by atomic mass is 9.78. The fraction of sp³-hybridized carbons (Fsp3) is 0.515. The second-order valence-electron chi connectivity index (χ2n) is 11.9. The number of para-hydroxylation sites is 1. The molecule has 1 atom stereocenters. The molecule has 1 aliphatic heterocycles. The van der Waals surface area contributed by atoms with Crippen LogP contribution in [0.4, 0.5) is 10.5 Å². The molecule has 0 bridgehead atoms. The number of carbonyl (C=O) groups is 2. The molecular weight excluding hydrogens is 470 g/mol. The standard InChI is InChI=1S/C33H43N3O2/c1-23(2)31-30-15-9-11-25-10-7-8-14-28(25)29(30)20-21-36(31)32(37)26-18-16-24(17-19-26)22-35(3)33(38)34-27-12-5-4-6-13-27/h4-8,10,12-14,23-24,26,31H,9,11,15-22H2,1-3H3,(H,34,38). The highest BCUT2D eigenvalue weighted by Crippen LogP contribution is 2.42. The zero-order chi connectivity index (χ0) is 26.6. The Hall–Kier alpha value is -3.08. The summed E-state index contributed by atoms with van der Waals surface area (Å²) in [4.78, 5) is 30.6. The van der Waals surface area contributed by atoms with E-state index < -0.39 is 0 Å². The highest BCUT2D eigenvalue weighted by atomic mass is 16.2. The lowest BCUT2D eigenvalue weighted by Crippen LogP contribution is -2.50. The van der Waals surface area contributed by atoms with E-state index in [9.17, 15) is 9.59 Å². The molecule has 2 aromatic rings. The summed E-state index contributed by atoms with van der Waals surface area (Å²) >= 11 is 0. The molecular formula is C33H43N3O2. The largest absolute Gasteiger partial charge is 0.335 e. The topological polar surface area (TPSA) is 52.7 Å². The molecule has 38 heavy (non-hydrogen) atoms. The van der Waals surface area contributed by atoms with Crippen LogP contribution in [0.2, 0.25) is 0 Å². The number of nitrogens with zero attached hydrogens (tertiary/aromatic N) is 2. The molecule has 202 valence electrons. The van der Waals surface area contributed by atoms with Crippen LogP contribution < -0.4 is 5.32 Å². The quantitative estimate of drug-likeness (QED) is 0.468. The monoisotopic (exact) mass is 513 g/mol. The van der Waals surface area contributed by atoms with E-state index in [-0.39, 0.29) is 18.0 Å². The van der Waals surface area contributed by atoms with Crippen LogP contribution in [-0.4, -0.2) is 47.9 Å². The van der Waals surface area contributed by atoms with Crippen LogP contribution in [0.15, 0.2) is 60.2 Å². The molecule has 1 N–H and O–H groups in total. The number of rotatable bonds is 5. The molecule has 2 aliphatic carbocycles. The van der Waals surface area contributed by atoms with E-state index in [1.165, 1.54) is 22.3 Å². The van der Waals surface area contributed by atoms with Gasteiger partial charge >= 0.3 is 6.03 Å². The second kappa shape index (κ2) is 11.8. The highest BCUT2D eigenvalue weighted by Gasteiger charge is 2.39. The van der Waals surface area contributed by atoms with Gasteiger partial charge in [0.15, 0.2) is 0 Å². The Morgan fingerprint density at radius 3 is 2.39 bits per heavy atom. The van der Waals surface area contributed by atoms with Crippen molar-refractivity contribution in [1.82, 2.24) is 9.80 Å². The minimum absolute atomic E-state index is 0.0726. The van der Waals surface area contributed by atoms with E-state index in [2.05, 4.69) is 48.3 Å². The smallest absolute Gasteiger partial charge is 0.321 e. The Bertz CT molecular complexity index is 1160. The highest BCUT2D eigenvalue weighted by molar-refractivity contribution is 5.89. The summed E-state index contributed by atoms with van der Waals surface area (Å²) in [7, 11) is 1.87. The molecule has 0 aromatic heterocycles. The minimum atomic E-state index is -0.0726. The van der Waals surface area contributed by atoms with Crippen LogP contribution >= 0.6 is 0 Å². The van der Waals surface area contributed by atoms with Crippen LogP contribution in [0, 0.1) is 17.8 Å². The van der Waals surface area contributed by atoms with Crippen LogP contribution in [0.25, 0.3) is 5.57 Å². The first kappa shape index (κ1) is 26.5. The zero-order valence-electron chi connectivity index (χ0n) is 23.3. The zero-order valence-corrected chi connectivity index (χ0v) is 23.3. The van der Waals surface area contributed by atoms with E-state index in [1.54, 1.807) is 4.90 Å². The van der Waals surface area contributed by atoms with Gasteiger partial charge in [0.05, 0.1) is 6.04 Å². The van der Waals surface area contributed by atoms with Crippen LogP contribution in [-0.2, 0) is 11.2 Å². The summed E-state index contributed by atoms with van der Waals surface area (Å²) in [5.74, 6) is 1.32. The third-order valence-electron chi connectivity index (χ3n) is 8.93. The molecule has 1 saturated carbocycles. The van der Waals surface area contributed by atoms with Crippen molar-refractivity contribution in [1.29, 1.82) is 0 Å². The number of nitrogens with one attached hydrogen (secondary N) is 1. The van der Waals surface area contributed by atoms with Gasteiger partial charge in [-0.2, -0.15) is 0 Å². The molecule has 5 nitrogen and oxygen atoms in total. The van der Waals surface area contributed by atoms with E-state index in [1.807, 2.05) is 37.4 Å². The number of amides is 3. The fourth-order valence-corrected chi connectivity index (χ4v) is 7.05. The van der Waals surface area contributed by atoms with Crippen LogP contribution in [0.5, 0.6) is 0 Å².